The molecular weight excluding hydrogens is 236 g/mol. The van der Waals surface area contributed by atoms with Gasteiger partial charge in [0.25, 0.3) is 0 Å². The maximum absolute atomic E-state index is 11.9. The predicted molar refractivity (Wildman–Crippen MR) is 66.1 cm³/mol. The third-order valence-corrected chi connectivity index (χ3v) is 3.60. The van der Waals surface area contributed by atoms with Crippen LogP contribution >= 0.6 is 0 Å². The van der Waals surface area contributed by atoms with Gasteiger partial charge in [-0.15, -0.1) is 0 Å². The Morgan fingerprint density at radius 2 is 1.83 bits per heavy atom. The first-order chi connectivity index (χ1) is 8.34. The van der Waals surface area contributed by atoms with Gasteiger partial charge >= 0.3 is 5.97 Å². The molecule has 6 heteroatoms. The molecular formula is C12H22N2O4. The number of carboxylic acid groups (broad SMARTS) is 1. The van der Waals surface area contributed by atoms with E-state index >= 15 is 0 Å². The van der Waals surface area contributed by atoms with Crippen LogP contribution in [-0.2, 0) is 9.59 Å². The van der Waals surface area contributed by atoms with Crippen LogP contribution in [0.15, 0.2) is 0 Å². The van der Waals surface area contributed by atoms with Crippen LogP contribution in [0.1, 0.15) is 33.6 Å². The quantitative estimate of drug-likeness (QED) is 0.636. The van der Waals surface area contributed by atoms with Crippen LogP contribution < -0.4 is 5.32 Å². The summed E-state index contributed by atoms with van der Waals surface area (Å²) in [5.74, 6) is -1.57. The molecule has 1 amide bonds. The highest BCUT2D eigenvalue weighted by molar-refractivity contribution is 5.82. The van der Waals surface area contributed by atoms with Crippen molar-refractivity contribution >= 4 is 11.9 Å². The third-order valence-electron chi connectivity index (χ3n) is 3.60. The minimum absolute atomic E-state index is 0.240. The van der Waals surface area contributed by atoms with Crippen LogP contribution in [0.5, 0.6) is 0 Å². The second-order valence-corrected chi connectivity index (χ2v) is 5.00. The Morgan fingerprint density at radius 3 is 2.28 bits per heavy atom. The van der Waals surface area contributed by atoms with Gasteiger partial charge in [0.05, 0.1) is 12.6 Å². The molecule has 3 unspecified atom stereocenters. The molecule has 4 atom stereocenters. The Hall–Kier alpha value is -1.14. The van der Waals surface area contributed by atoms with Crippen LogP contribution in [0.3, 0.4) is 0 Å². The first-order valence-electron chi connectivity index (χ1n) is 6.30. The molecule has 1 saturated heterocycles. The van der Waals surface area contributed by atoms with Crippen molar-refractivity contribution in [2.24, 2.45) is 0 Å². The molecule has 0 aliphatic carbocycles. The van der Waals surface area contributed by atoms with Crippen molar-refractivity contribution < 1.29 is 19.8 Å². The molecule has 0 radical (unpaired) electrons. The summed E-state index contributed by atoms with van der Waals surface area (Å²) in [6.45, 7) is 5.72. The monoisotopic (exact) mass is 258 g/mol. The van der Waals surface area contributed by atoms with Gasteiger partial charge in [-0.25, -0.2) is 4.79 Å². The molecule has 1 rings (SSSR count). The summed E-state index contributed by atoms with van der Waals surface area (Å²) >= 11 is 0. The highest BCUT2D eigenvalue weighted by atomic mass is 16.4. The van der Waals surface area contributed by atoms with Crippen molar-refractivity contribution in [3.8, 4) is 0 Å². The van der Waals surface area contributed by atoms with Crippen molar-refractivity contribution in [3.63, 3.8) is 0 Å². The zero-order chi connectivity index (χ0) is 13.9. The van der Waals surface area contributed by atoms with E-state index in [0.717, 1.165) is 12.8 Å². The van der Waals surface area contributed by atoms with E-state index in [2.05, 4.69) is 24.1 Å². The van der Waals surface area contributed by atoms with E-state index in [4.69, 9.17) is 10.2 Å². The van der Waals surface area contributed by atoms with Gasteiger partial charge in [-0.3, -0.25) is 9.69 Å². The summed E-state index contributed by atoms with van der Waals surface area (Å²) < 4.78 is 0. The van der Waals surface area contributed by atoms with Gasteiger partial charge in [-0.1, -0.05) is 0 Å². The third kappa shape index (κ3) is 3.43. The Labute approximate surface area is 107 Å². The molecule has 104 valence electrons. The normalized spacial score (nSPS) is 27.8. The summed E-state index contributed by atoms with van der Waals surface area (Å²) in [4.78, 5) is 24.4. The topological polar surface area (TPSA) is 89.9 Å². The first-order valence-corrected chi connectivity index (χ1v) is 6.30. The summed E-state index contributed by atoms with van der Waals surface area (Å²) in [6.07, 6.45) is 0.585. The Balaban J connectivity index is 2.48. The number of aliphatic carboxylic acids is 1. The number of carboxylic acids is 1. The highest BCUT2D eigenvalue weighted by Gasteiger charge is 2.34. The van der Waals surface area contributed by atoms with Gasteiger partial charge < -0.3 is 15.5 Å². The van der Waals surface area contributed by atoms with Crippen molar-refractivity contribution in [1.29, 1.82) is 0 Å². The number of rotatable bonds is 5. The lowest BCUT2D eigenvalue weighted by Crippen LogP contribution is -2.50. The molecule has 0 saturated carbocycles. The zero-order valence-corrected chi connectivity index (χ0v) is 11.1. The first kappa shape index (κ1) is 14.9. The number of aliphatic hydroxyl groups excluding tert-OH is 1. The Bertz CT molecular complexity index is 311. The molecule has 18 heavy (non-hydrogen) atoms. The standard InChI is InChI=1S/C12H22N2O4/c1-7-4-5-8(2)14(7)9(3)11(16)13-6-10(15)12(17)18/h7-10,15H,4-6H2,1-3H3,(H,13,16)(H,17,18)/t7?,8?,9?,10-/m0/s1. The lowest BCUT2D eigenvalue weighted by Gasteiger charge is -2.31. The average molecular weight is 258 g/mol. The lowest BCUT2D eigenvalue weighted by atomic mass is 10.2. The van der Waals surface area contributed by atoms with E-state index in [1.165, 1.54) is 0 Å². The average Bonchev–Trinajstić information content (AvgIpc) is 2.64. The molecule has 0 spiro atoms. The molecule has 0 bridgehead atoms. The number of nitrogens with zero attached hydrogens (tertiary/aromatic N) is 1. The van der Waals surface area contributed by atoms with Crippen LogP contribution in [0.25, 0.3) is 0 Å². The summed E-state index contributed by atoms with van der Waals surface area (Å²) in [5, 5.41) is 20.1. The number of aliphatic hydroxyl groups is 1. The van der Waals surface area contributed by atoms with E-state index in [1.807, 2.05) is 0 Å². The molecule has 1 aliphatic heterocycles. The molecule has 6 nitrogen and oxygen atoms in total. The minimum atomic E-state index is -1.55. The second-order valence-electron chi connectivity index (χ2n) is 5.00. The van der Waals surface area contributed by atoms with Gasteiger partial charge in [0.1, 0.15) is 0 Å². The highest BCUT2D eigenvalue weighted by Crippen LogP contribution is 2.25. The largest absolute Gasteiger partial charge is 0.479 e. The summed E-state index contributed by atoms with van der Waals surface area (Å²) in [7, 11) is 0. The van der Waals surface area contributed by atoms with Crippen molar-refractivity contribution in [3.05, 3.63) is 0 Å². The molecule has 1 fully saturated rings. The summed E-state index contributed by atoms with van der Waals surface area (Å²) in [6, 6.07) is 0.397. The smallest absolute Gasteiger partial charge is 0.334 e. The van der Waals surface area contributed by atoms with Crippen molar-refractivity contribution in [2.75, 3.05) is 6.54 Å². The maximum atomic E-state index is 11.9. The Morgan fingerprint density at radius 1 is 1.33 bits per heavy atom. The number of likely N-dealkylation sites (tertiary alicyclic amines) is 1. The number of carbonyl (C=O) groups excluding carboxylic acids is 1. The predicted octanol–water partition coefficient (Wildman–Crippen LogP) is -0.191. The van der Waals surface area contributed by atoms with Gasteiger partial charge in [0, 0.05) is 12.1 Å². The second kappa shape index (κ2) is 6.15. The maximum Gasteiger partial charge on any atom is 0.334 e. The van der Waals surface area contributed by atoms with Crippen molar-refractivity contribution in [2.45, 2.75) is 57.8 Å². The molecule has 0 aromatic heterocycles. The fourth-order valence-corrected chi connectivity index (χ4v) is 2.55. The van der Waals surface area contributed by atoms with E-state index in [9.17, 15) is 9.59 Å². The molecule has 0 aromatic rings. The van der Waals surface area contributed by atoms with E-state index in [1.54, 1.807) is 6.92 Å². The van der Waals surface area contributed by atoms with Gasteiger partial charge in [-0.2, -0.15) is 0 Å². The molecule has 1 heterocycles. The van der Waals surface area contributed by atoms with Gasteiger partial charge in [0.15, 0.2) is 6.10 Å². The SMILES string of the molecule is CC1CCC(C)N1C(C)C(=O)NC[C@H](O)C(=O)O. The number of nitrogens with one attached hydrogen (secondary N) is 1. The number of amides is 1. The van der Waals surface area contributed by atoms with E-state index < -0.39 is 12.1 Å². The minimum Gasteiger partial charge on any atom is -0.479 e. The van der Waals surface area contributed by atoms with E-state index in [0.29, 0.717) is 12.1 Å². The molecule has 0 aromatic carbocycles. The zero-order valence-electron chi connectivity index (χ0n) is 11.1. The van der Waals surface area contributed by atoms with Crippen molar-refractivity contribution in [1.82, 2.24) is 10.2 Å². The number of carbonyl (C=O) groups is 2. The molecule has 3 N–H and O–H groups in total. The Kier molecular flexibility index (Phi) is 5.10. The lowest BCUT2D eigenvalue weighted by molar-refractivity contribution is -0.146. The van der Waals surface area contributed by atoms with Gasteiger partial charge in [0.2, 0.25) is 5.91 Å². The fraction of sp³-hybridized carbons (Fsp3) is 0.833. The fourth-order valence-electron chi connectivity index (χ4n) is 2.55. The van der Waals surface area contributed by atoms with Crippen LogP contribution in [0.4, 0.5) is 0 Å². The van der Waals surface area contributed by atoms with E-state index in [-0.39, 0.29) is 18.5 Å². The molecule has 1 aliphatic rings. The number of hydrogen-bond donors (Lipinski definition) is 3. The van der Waals surface area contributed by atoms with Gasteiger partial charge in [-0.05, 0) is 33.6 Å². The summed E-state index contributed by atoms with van der Waals surface area (Å²) in [5.41, 5.74) is 0. The number of hydrogen-bond acceptors (Lipinski definition) is 4. The van der Waals surface area contributed by atoms with Crippen LogP contribution in [-0.4, -0.2) is 57.8 Å². The van der Waals surface area contributed by atoms with Crippen LogP contribution in [0.2, 0.25) is 0 Å². The van der Waals surface area contributed by atoms with Crippen LogP contribution in [0, 0.1) is 0 Å².